The fourth-order valence-corrected chi connectivity index (χ4v) is 4.20. The molecule has 1 aromatic carbocycles. The molecule has 4 N–H and O–H groups in total. The molecular formula is C18H23Cl2IN4O2S. The number of halogens is 3. The molecule has 28 heavy (non-hydrogen) atoms. The average Bonchev–Trinajstić information content (AvgIpc) is 2.65. The number of benzene rings is 1. The highest BCUT2D eigenvalue weighted by Gasteiger charge is 2.16. The summed E-state index contributed by atoms with van der Waals surface area (Å²) in [5.41, 5.74) is 2.00. The Hall–Kier alpha value is -0.940. The van der Waals surface area contributed by atoms with Crippen LogP contribution < -0.4 is 20.7 Å². The van der Waals surface area contributed by atoms with E-state index in [1.165, 1.54) is 0 Å². The predicted molar refractivity (Wildman–Crippen MR) is 126 cm³/mol. The quantitative estimate of drug-likeness (QED) is 0.198. The summed E-state index contributed by atoms with van der Waals surface area (Å²) in [6.07, 6.45) is 5.85. The van der Waals surface area contributed by atoms with Crippen molar-refractivity contribution in [1.29, 1.82) is 0 Å². The number of allylic oxidation sites excluding steroid dienone is 2. The lowest BCUT2D eigenvalue weighted by Gasteiger charge is -2.28. The highest BCUT2D eigenvalue weighted by molar-refractivity contribution is 14.1. The first-order valence-electron chi connectivity index (χ1n) is 8.70. The van der Waals surface area contributed by atoms with Crippen LogP contribution in [-0.2, 0) is 10.0 Å². The van der Waals surface area contributed by atoms with Crippen molar-refractivity contribution in [3.63, 3.8) is 0 Å². The Bertz CT molecular complexity index is 888. The molecule has 0 radical (unpaired) electrons. The van der Waals surface area contributed by atoms with E-state index in [1.807, 2.05) is 12.1 Å². The Kier molecular flexibility index (Phi) is 8.94. The second-order valence-corrected chi connectivity index (χ2v) is 9.74. The van der Waals surface area contributed by atoms with E-state index in [4.69, 9.17) is 23.2 Å². The molecule has 0 bridgehead atoms. The lowest BCUT2D eigenvalue weighted by Crippen LogP contribution is -2.43. The van der Waals surface area contributed by atoms with Crippen molar-refractivity contribution < 1.29 is 8.42 Å². The van der Waals surface area contributed by atoms with Crippen molar-refractivity contribution in [2.45, 2.75) is 25.9 Å². The molecule has 1 unspecified atom stereocenters. The first-order valence-corrected chi connectivity index (χ1v) is 12.1. The molecule has 1 atom stereocenters. The minimum atomic E-state index is -3.42. The van der Waals surface area contributed by atoms with Gasteiger partial charge in [-0.2, -0.15) is 0 Å². The molecule has 0 fully saturated rings. The average molecular weight is 557 g/mol. The zero-order valence-electron chi connectivity index (χ0n) is 15.4. The SMILES string of the molecule is C=CS(=O)(=O)NCCNC1=C(CCC)C=CC(Nc2cc(Cl)c(Cl)cc2I)N1. The molecule has 0 saturated heterocycles. The Labute approximate surface area is 190 Å². The van der Waals surface area contributed by atoms with Gasteiger partial charge in [-0.3, -0.25) is 0 Å². The summed E-state index contributed by atoms with van der Waals surface area (Å²) in [6, 6.07) is 3.60. The van der Waals surface area contributed by atoms with Crippen LogP contribution in [0.5, 0.6) is 0 Å². The van der Waals surface area contributed by atoms with E-state index in [9.17, 15) is 8.42 Å². The first kappa shape index (κ1) is 23.3. The Morgan fingerprint density at radius 2 is 2.00 bits per heavy atom. The zero-order chi connectivity index (χ0) is 20.7. The van der Waals surface area contributed by atoms with Crippen LogP contribution in [0.2, 0.25) is 10.0 Å². The van der Waals surface area contributed by atoms with Crippen molar-refractivity contribution >= 4 is 61.5 Å². The van der Waals surface area contributed by atoms with Crippen LogP contribution in [0.3, 0.4) is 0 Å². The lowest BCUT2D eigenvalue weighted by atomic mass is 10.1. The van der Waals surface area contributed by atoms with E-state index >= 15 is 0 Å². The summed E-state index contributed by atoms with van der Waals surface area (Å²) in [5.74, 6) is 0.870. The van der Waals surface area contributed by atoms with Crippen molar-refractivity contribution in [2.24, 2.45) is 0 Å². The molecule has 1 heterocycles. The van der Waals surface area contributed by atoms with Crippen molar-refractivity contribution in [3.05, 3.63) is 61.3 Å². The number of hydrogen-bond donors (Lipinski definition) is 4. The van der Waals surface area contributed by atoms with Gasteiger partial charge in [-0.15, -0.1) is 0 Å². The summed E-state index contributed by atoms with van der Waals surface area (Å²) in [5, 5.41) is 12.0. The third-order valence-corrected chi connectivity index (χ3v) is 6.56. The number of nitrogens with one attached hydrogen (secondary N) is 4. The van der Waals surface area contributed by atoms with Crippen molar-refractivity contribution in [2.75, 3.05) is 18.4 Å². The second-order valence-electron chi connectivity index (χ2n) is 6.05. The molecule has 10 heteroatoms. The topological polar surface area (TPSA) is 82.3 Å². The highest BCUT2D eigenvalue weighted by atomic mass is 127. The molecule has 1 aliphatic heterocycles. The molecule has 1 aliphatic rings. The highest BCUT2D eigenvalue weighted by Crippen LogP contribution is 2.30. The zero-order valence-corrected chi connectivity index (χ0v) is 19.8. The van der Waals surface area contributed by atoms with Crippen LogP contribution in [0, 0.1) is 3.57 Å². The van der Waals surface area contributed by atoms with E-state index < -0.39 is 10.0 Å². The molecule has 154 valence electrons. The van der Waals surface area contributed by atoms with Crippen LogP contribution >= 0.6 is 45.8 Å². The molecule has 1 aromatic rings. The monoisotopic (exact) mass is 556 g/mol. The van der Waals surface area contributed by atoms with Crippen molar-refractivity contribution in [1.82, 2.24) is 15.4 Å². The van der Waals surface area contributed by atoms with E-state index in [1.54, 1.807) is 6.07 Å². The number of anilines is 1. The van der Waals surface area contributed by atoms with Gasteiger partial charge in [0.25, 0.3) is 0 Å². The lowest BCUT2D eigenvalue weighted by molar-refractivity contribution is 0.582. The van der Waals surface area contributed by atoms with Gasteiger partial charge in [0.15, 0.2) is 0 Å². The summed E-state index contributed by atoms with van der Waals surface area (Å²) in [6.45, 7) is 6.08. The van der Waals surface area contributed by atoms with Crippen molar-refractivity contribution in [3.8, 4) is 0 Å². The number of hydrogen-bond acceptors (Lipinski definition) is 5. The van der Waals surface area contributed by atoms with Gasteiger partial charge in [0.1, 0.15) is 12.0 Å². The van der Waals surface area contributed by atoms with Crippen LogP contribution in [0.1, 0.15) is 19.8 Å². The maximum Gasteiger partial charge on any atom is 0.233 e. The Balaban J connectivity index is 2.03. The standard InChI is InChI=1S/C18H23Cl2IN4O2S/c1-3-5-12-6-7-17(24-16-11-14(20)13(19)10-15(16)21)25-18(12)22-8-9-23-28(26,27)4-2/h4,6-7,10-11,17,22-25H,2-3,5,8-9H2,1H3. The van der Waals surface area contributed by atoms with E-state index in [2.05, 4.69) is 62.8 Å². The van der Waals surface area contributed by atoms with E-state index in [-0.39, 0.29) is 12.7 Å². The van der Waals surface area contributed by atoms with E-state index in [0.717, 1.165) is 38.9 Å². The van der Waals surface area contributed by atoms with Crippen LogP contribution in [0.25, 0.3) is 0 Å². The molecule has 0 aliphatic carbocycles. The number of sulfonamides is 1. The van der Waals surface area contributed by atoms with Gasteiger partial charge in [0.2, 0.25) is 10.0 Å². The van der Waals surface area contributed by atoms with Gasteiger partial charge < -0.3 is 16.0 Å². The molecular weight excluding hydrogens is 534 g/mol. The third kappa shape index (κ3) is 6.84. The van der Waals surface area contributed by atoms with E-state index in [0.29, 0.717) is 16.6 Å². The molecule has 0 amide bonds. The normalized spacial score (nSPS) is 16.6. The maximum absolute atomic E-state index is 11.4. The Morgan fingerprint density at radius 3 is 2.68 bits per heavy atom. The molecule has 0 aromatic heterocycles. The van der Waals surface area contributed by atoms with Gasteiger partial charge >= 0.3 is 0 Å². The molecule has 2 rings (SSSR count). The Morgan fingerprint density at radius 1 is 1.29 bits per heavy atom. The number of rotatable bonds is 10. The van der Waals surface area contributed by atoms with Gasteiger partial charge in [-0.05, 0) is 52.8 Å². The molecule has 0 spiro atoms. The third-order valence-electron chi connectivity index (χ3n) is 3.90. The second kappa shape index (κ2) is 10.7. The first-order chi connectivity index (χ1) is 13.3. The van der Waals surface area contributed by atoms with Gasteiger partial charge in [-0.1, -0.05) is 49.2 Å². The summed E-state index contributed by atoms with van der Waals surface area (Å²) in [7, 11) is -3.42. The summed E-state index contributed by atoms with van der Waals surface area (Å²) in [4.78, 5) is 0. The maximum atomic E-state index is 11.4. The fourth-order valence-electron chi connectivity index (χ4n) is 2.56. The van der Waals surface area contributed by atoms with Gasteiger partial charge in [0, 0.05) is 22.1 Å². The van der Waals surface area contributed by atoms with Crippen LogP contribution in [0.15, 0.2) is 47.7 Å². The summed E-state index contributed by atoms with van der Waals surface area (Å²) < 4.78 is 26.3. The summed E-state index contributed by atoms with van der Waals surface area (Å²) >= 11 is 14.4. The predicted octanol–water partition coefficient (Wildman–Crippen LogP) is 4.16. The molecule has 0 saturated carbocycles. The minimum absolute atomic E-state index is 0.154. The largest absolute Gasteiger partial charge is 0.370 e. The van der Waals surface area contributed by atoms with Crippen LogP contribution in [-0.4, -0.2) is 27.7 Å². The van der Waals surface area contributed by atoms with Gasteiger partial charge in [0.05, 0.1) is 15.7 Å². The number of dihydropyridines is 1. The van der Waals surface area contributed by atoms with Gasteiger partial charge in [-0.25, -0.2) is 13.1 Å². The fraction of sp³-hybridized carbons (Fsp3) is 0.333. The smallest absolute Gasteiger partial charge is 0.233 e. The molecule has 6 nitrogen and oxygen atoms in total. The van der Waals surface area contributed by atoms with Crippen LogP contribution in [0.4, 0.5) is 5.69 Å². The minimum Gasteiger partial charge on any atom is -0.370 e.